The van der Waals surface area contributed by atoms with Crippen molar-refractivity contribution in [3.05, 3.63) is 23.9 Å². The van der Waals surface area contributed by atoms with Gasteiger partial charge in [0.05, 0.1) is 12.3 Å². The SMILES string of the molecule is Nc1cccc([C@@H]2O[C@H](CO)[C@@H](O)[C@H]2O)n1. The number of hydrogen-bond acceptors (Lipinski definition) is 6. The quantitative estimate of drug-likeness (QED) is 0.505. The Morgan fingerprint density at radius 3 is 2.62 bits per heavy atom. The molecule has 0 bridgehead atoms. The van der Waals surface area contributed by atoms with Gasteiger partial charge in [0.15, 0.2) is 0 Å². The molecule has 0 aromatic carbocycles. The van der Waals surface area contributed by atoms with Crippen molar-refractivity contribution >= 4 is 5.82 Å². The van der Waals surface area contributed by atoms with Crippen molar-refractivity contribution in [2.24, 2.45) is 0 Å². The van der Waals surface area contributed by atoms with Crippen molar-refractivity contribution in [3.8, 4) is 0 Å². The summed E-state index contributed by atoms with van der Waals surface area (Å²) in [6.45, 7) is -0.350. The summed E-state index contributed by atoms with van der Waals surface area (Å²) in [4.78, 5) is 4.01. The first kappa shape index (κ1) is 11.3. The third kappa shape index (κ3) is 1.88. The summed E-state index contributed by atoms with van der Waals surface area (Å²) in [5, 5.41) is 28.2. The van der Waals surface area contributed by atoms with E-state index in [1.54, 1.807) is 18.2 Å². The maximum atomic E-state index is 9.74. The molecule has 2 heterocycles. The van der Waals surface area contributed by atoms with E-state index in [0.717, 1.165) is 0 Å². The van der Waals surface area contributed by atoms with Crippen LogP contribution in [-0.4, -0.2) is 45.2 Å². The Balaban J connectivity index is 2.23. The average molecular weight is 226 g/mol. The van der Waals surface area contributed by atoms with E-state index in [9.17, 15) is 10.2 Å². The molecule has 16 heavy (non-hydrogen) atoms. The van der Waals surface area contributed by atoms with Crippen LogP contribution in [-0.2, 0) is 4.74 Å². The Hall–Kier alpha value is -1.21. The first-order valence-electron chi connectivity index (χ1n) is 4.98. The fourth-order valence-corrected chi connectivity index (χ4v) is 1.77. The smallest absolute Gasteiger partial charge is 0.129 e. The summed E-state index contributed by atoms with van der Waals surface area (Å²) < 4.78 is 5.31. The summed E-state index contributed by atoms with van der Waals surface area (Å²) in [6.07, 6.45) is -3.76. The highest BCUT2D eigenvalue weighted by Crippen LogP contribution is 2.32. The van der Waals surface area contributed by atoms with Crippen LogP contribution in [0.5, 0.6) is 0 Å². The molecule has 1 aromatic heterocycles. The zero-order valence-electron chi connectivity index (χ0n) is 8.52. The molecule has 0 amide bonds. The lowest BCUT2D eigenvalue weighted by atomic mass is 10.1. The summed E-state index contributed by atoms with van der Waals surface area (Å²) >= 11 is 0. The van der Waals surface area contributed by atoms with Gasteiger partial charge in [-0.2, -0.15) is 0 Å². The third-order valence-corrected chi connectivity index (χ3v) is 2.63. The van der Waals surface area contributed by atoms with E-state index in [0.29, 0.717) is 11.5 Å². The zero-order valence-corrected chi connectivity index (χ0v) is 8.52. The molecular formula is C10H14N2O4. The van der Waals surface area contributed by atoms with Crippen molar-refractivity contribution in [3.63, 3.8) is 0 Å². The lowest BCUT2D eigenvalue weighted by Crippen LogP contribution is -2.32. The van der Waals surface area contributed by atoms with Crippen LogP contribution in [0, 0.1) is 0 Å². The highest BCUT2D eigenvalue weighted by molar-refractivity contribution is 5.30. The van der Waals surface area contributed by atoms with E-state index >= 15 is 0 Å². The Kier molecular flexibility index (Phi) is 3.06. The molecule has 1 aliphatic rings. The van der Waals surface area contributed by atoms with Crippen LogP contribution in [0.1, 0.15) is 11.8 Å². The Bertz CT molecular complexity index is 374. The van der Waals surface area contributed by atoms with Crippen LogP contribution in [0.4, 0.5) is 5.82 Å². The number of anilines is 1. The number of nitrogens with two attached hydrogens (primary N) is 1. The molecule has 5 N–H and O–H groups in total. The van der Waals surface area contributed by atoms with Gasteiger partial charge in [-0.15, -0.1) is 0 Å². The van der Waals surface area contributed by atoms with E-state index in [1.165, 1.54) is 0 Å². The van der Waals surface area contributed by atoms with Gasteiger partial charge >= 0.3 is 0 Å². The molecule has 4 atom stereocenters. The van der Waals surface area contributed by atoms with Crippen molar-refractivity contribution in [1.29, 1.82) is 0 Å². The third-order valence-electron chi connectivity index (χ3n) is 2.63. The lowest BCUT2D eigenvalue weighted by Gasteiger charge is -2.13. The van der Waals surface area contributed by atoms with Crippen LogP contribution in [0.2, 0.25) is 0 Å². The molecule has 0 spiro atoms. The van der Waals surface area contributed by atoms with E-state index in [1.807, 2.05) is 0 Å². The predicted octanol–water partition coefficient (Wildman–Crippen LogP) is -1.18. The first-order valence-corrected chi connectivity index (χ1v) is 4.98. The number of aliphatic hydroxyl groups excluding tert-OH is 3. The van der Waals surface area contributed by atoms with Crippen LogP contribution >= 0.6 is 0 Å². The standard InChI is InChI=1S/C10H14N2O4/c11-7-3-1-2-5(12-7)10-9(15)8(14)6(4-13)16-10/h1-3,6,8-10,13-15H,4H2,(H2,11,12)/t6-,8-,9-,10+/m1/s1. The van der Waals surface area contributed by atoms with E-state index in [-0.39, 0.29) is 6.61 Å². The van der Waals surface area contributed by atoms with Crippen LogP contribution in [0.3, 0.4) is 0 Å². The van der Waals surface area contributed by atoms with Gasteiger partial charge in [-0.1, -0.05) is 6.07 Å². The summed E-state index contributed by atoms with van der Waals surface area (Å²) in [5.74, 6) is 0.315. The number of aromatic nitrogens is 1. The number of ether oxygens (including phenoxy) is 1. The van der Waals surface area contributed by atoms with Gasteiger partial charge in [0, 0.05) is 0 Å². The lowest BCUT2D eigenvalue weighted by molar-refractivity contribution is -0.0239. The van der Waals surface area contributed by atoms with Crippen molar-refractivity contribution in [2.75, 3.05) is 12.3 Å². The van der Waals surface area contributed by atoms with Gasteiger partial charge in [-0.25, -0.2) is 4.98 Å². The van der Waals surface area contributed by atoms with Crippen molar-refractivity contribution < 1.29 is 20.1 Å². The van der Waals surface area contributed by atoms with Gasteiger partial charge in [-0.3, -0.25) is 0 Å². The minimum atomic E-state index is -1.11. The molecule has 0 aliphatic carbocycles. The zero-order chi connectivity index (χ0) is 11.7. The molecular weight excluding hydrogens is 212 g/mol. The van der Waals surface area contributed by atoms with E-state index in [2.05, 4.69) is 4.98 Å². The Morgan fingerprint density at radius 2 is 2.06 bits per heavy atom. The molecule has 1 fully saturated rings. The van der Waals surface area contributed by atoms with Crippen molar-refractivity contribution in [2.45, 2.75) is 24.4 Å². The van der Waals surface area contributed by atoms with E-state index in [4.69, 9.17) is 15.6 Å². The van der Waals surface area contributed by atoms with Gasteiger partial charge in [0.2, 0.25) is 0 Å². The second kappa shape index (κ2) is 4.34. The minimum Gasteiger partial charge on any atom is -0.394 e. The normalized spacial score (nSPS) is 34.2. The summed E-state index contributed by atoms with van der Waals surface area (Å²) in [5.41, 5.74) is 5.96. The fourth-order valence-electron chi connectivity index (χ4n) is 1.77. The topological polar surface area (TPSA) is 109 Å². The Morgan fingerprint density at radius 1 is 1.31 bits per heavy atom. The largest absolute Gasteiger partial charge is 0.394 e. The van der Waals surface area contributed by atoms with Crippen molar-refractivity contribution in [1.82, 2.24) is 4.98 Å². The number of nitrogens with zero attached hydrogens (tertiary/aromatic N) is 1. The molecule has 1 aliphatic heterocycles. The van der Waals surface area contributed by atoms with Crippen LogP contribution in [0.25, 0.3) is 0 Å². The molecule has 0 unspecified atom stereocenters. The molecule has 0 radical (unpaired) electrons. The first-order chi connectivity index (χ1) is 7.63. The summed E-state index contributed by atoms with van der Waals surface area (Å²) in [6, 6.07) is 4.95. The monoisotopic (exact) mass is 226 g/mol. The molecule has 6 heteroatoms. The van der Waals surface area contributed by atoms with Gasteiger partial charge < -0.3 is 25.8 Å². The number of nitrogen functional groups attached to an aromatic ring is 1. The highest BCUT2D eigenvalue weighted by Gasteiger charge is 2.43. The van der Waals surface area contributed by atoms with Gasteiger partial charge in [0.25, 0.3) is 0 Å². The molecule has 0 saturated carbocycles. The second-order valence-electron chi connectivity index (χ2n) is 3.75. The number of hydrogen-bond donors (Lipinski definition) is 4. The van der Waals surface area contributed by atoms with Gasteiger partial charge in [0.1, 0.15) is 30.2 Å². The number of aliphatic hydroxyl groups is 3. The molecule has 88 valence electrons. The minimum absolute atomic E-state index is 0.315. The average Bonchev–Trinajstić information content (AvgIpc) is 2.56. The molecule has 6 nitrogen and oxygen atoms in total. The van der Waals surface area contributed by atoms with Crippen LogP contribution < -0.4 is 5.73 Å². The van der Waals surface area contributed by atoms with Crippen LogP contribution in [0.15, 0.2) is 18.2 Å². The van der Waals surface area contributed by atoms with E-state index < -0.39 is 24.4 Å². The number of pyridine rings is 1. The second-order valence-corrected chi connectivity index (χ2v) is 3.75. The van der Waals surface area contributed by atoms with Gasteiger partial charge in [-0.05, 0) is 12.1 Å². The molecule has 1 saturated heterocycles. The molecule has 1 aromatic rings. The maximum Gasteiger partial charge on any atom is 0.129 e. The summed E-state index contributed by atoms with van der Waals surface area (Å²) in [7, 11) is 0. The fraction of sp³-hybridized carbons (Fsp3) is 0.500. The maximum absolute atomic E-state index is 9.74. The highest BCUT2D eigenvalue weighted by atomic mass is 16.6. The predicted molar refractivity (Wildman–Crippen MR) is 55.4 cm³/mol. The number of rotatable bonds is 2. The Labute approximate surface area is 92.3 Å². The molecule has 2 rings (SSSR count).